The molecule has 0 spiro atoms. The van der Waals surface area contributed by atoms with E-state index in [9.17, 15) is 8.78 Å². The molecule has 0 radical (unpaired) electrons. The van der Waals surface area contributed by atoms with E-state index >= 15 is 4.39 Å². The van der Waals surface area contributed by atoms with Crippen molar-refractivity contribution in [3.05, 3.63) is 77.6 Å². The smallest absolute Gasteiger partial charge is 0.201 e. The van der Waals surface area contributed by atoms with Crippen molar-refractivity contribution >= 4 is 0 Å². The lowest BCUT2D eigenvalue weighted by Gasteiger charge is -2.29. The predicted octanol–water partition coefficient (Wildman–Crippen LogP) is 10.4. The highest BCUT2D eigenvalue weighted by Gasteiger charge is 2.23. The van der Waals surface area contributed by atoms with Crippen molar-refractivity contribution < 1.29 is 22.6 Å². The number of ether oxygens (including phenoxy) is 2. The molecule has 0 aliphatic carbocycles. The van der Waals surface area contributed by atoms with Crippen LogP contribution in [0.15, 0.2) is 54.6 Å². The molecule has 5 heteroatoms. The minimum absolute atomic E-state index is 0.0635. The van der Waals surface area contributed by atoms with Gasteiger partial charge >= 0.3 is 0 Å². The molecule has 2 atom stereocenters. The van der Waals surface area contributed by atoms with Gasteiger partial charge < -0.3 is 9.47 Å². The standard InChI is InChI=1S/C34H41F3O2/c1-3-5-6-7-8-9-21-38-32-20-18-29(33(36)34(32)37)26-14-12-25(13-15-26)28-17-16-27(22-30(28)35)31-19-11-24(10-4-2)23-39-31/h12-18,20,22,24,31H,3-11,19,21,23H2,1-2H3. The van der Waals surface area contributed by atoms with Gasteiger partial charge in [-0.2, -0.15) is 4.39 Å². The summed E-state index contributed by atoms with van der Waals surface area (Å²) in [5, 5.41) is 0. The van der Waals surface area contributed by atoms with Crippen LogP contribution in [-0.4, -0.2) is 13.2 Å². The lowest BCUT2D eigenvalue weighted by atomic mass is 9.91. The van der Waals surface area contributed by atoms with Gasteiger partial charge in [-0.1, -0.05) is 88.8 Å². The summed E-state index contributed by atoms with van der Waals surface area (Å²) in [6.45, 7) is 5.46. The zero-order chi connectivity index (χ0) is 27.6. The van der Waals surface area contributed by atoms with E-state index in [0.717, 1.165) is 50.7 Å². The van der Waals surface area contributed by atoms with Crippen molar-refractivity contribution in [1.82, 2.24) is 0 Å². The Hall–Kier alpha value is -2.79. The Bertz CT molecular complexity index is 1180. The van der Waals surface area contributed by atoms with Crippen LogP contribution in [0.4, 0.5) is 13.2 Å². The quantitative estimate of drug-likeness (QED) is 0.202. The summed E-state index contributed by atoms with van der Waals surface area (Å²) in [5.41, 5.74) is 2.67. The molecule has 0 saturated carbocycles. The first-order chi connectivity index (χ1) is 19.0. The van der Waals surface area contributed by atoms with Gasteiger partial charge in [-0.3, -0.25) is 0 Å². The van der Waals surface area contributed by atoms with E-state index in [1.54, 1.807) is 36.4 Å². The fourth-order valence-electron chi connectivity index (χ4n) is 5.43. The zero-order valence-electron chi connectivity index (χ0n) is 23.3. The number of rotatable bonds is 13. The van der Waals surface area contributed by atoms with Crippen molar-refractivity contribution in [2.75, 3.05) is 13.2 Å². The van der Waals surface area contributed by atoms with Crippen LogP contribution >= 0.6 is 0 Å². The maximum Gasteiger partial charge on any atom is 0.201 e. The summed E-state index contributed by atoms with van der Waals surface area (Å²) in [6.07, 6.45) is 10.8. The second kappa shape index (κ2) is 14.6. The van der Waals surface area contributed by atoms with Crippen LogP contribution in [0.5, 0.6) is 5.75 Å². The monoisotopic (exact) mass is 538 g/mol. The Morgan fingerprint density at radius 2 is 1.44 bits per heavy atom. The Balaban J connectivity index is 1.38. The molecule has 1 saturated heterocycles. The van der Waals surface area contributed by atoms with Crippen molar-refractivity contribution in [2.45, 2.75) is 84.2 Å². The molecule has 3 aromatic carbocycles. The van der Waals surface area contributed by atoms with Crippen molar-refractivity contribution in [3.63, 3.8) is 0 Å². The molecule has 0 aromatic heterocycles. The van der Waals surface area contributed by atoms with E-state index in [2.05, 4.69) is 13.8 Å². The van der Waals surface area contributed by atoms with Crippen molar-refractivity contribution in [1.29, 1.82) is 0 Å². The molecule has 4 rings (SSSR count). The zero-order valence-corrected chi connectivity index (χ0v) is 23.3. The molecule has 1 aliphatic rings. The second-order valence-corrected chi connectivity index (χ2v) is 10.7. The topological polar surface area (TPSA) is 18.5 Å². The molecule has 2 unspecified atom stereocenters. The van der Waals surface area contributed by atoms with Gasteiger partial charge in [-0.15, -0.1) is 0 Å². The minimum atomic E-state index is -0.977. The number of benzene rings is 3. The normalized spacial score (nSPS) is 17.4. The SMILES string of the molecule is CCCCCCCCOc1ccc(-c2ccc(-c3ccc(C4CCC(CCC)CO4)cc3F)cc2)c(F)c1F. The van der Waals surface area contributed by atoms with Gasteiger partial charge in [0, 0.05) is 11.1 Å². The Morgan fingerprint density at radius 1 is 0.744 bits per heavy atom. The van der Waals surface area contributed by atoms with Crippen LogP contribution in [0.2, 0.25) is 0 Å². The summed E-state index contributed by atoms with van der Waals surface area (Å²) in [6, 6.07) is 15.1. The molecular formula is C34H41F3O2. The van der Waals surface area contributed by atoms with Crippen molar-refractivity contribution in [2.24, 2.45) is 5.92 Å². The first-order valence-corrected chi connectivity index (χ1v) is 14.6. The van der Waals surface area contributed by atoms with E-state index in [1.807, 2.05) is 6.07 Å². The highest BCUT2D eigenvalue weighted by Crippen LogP contribution is 2.35. The van der Waals surface area contributed by atoms with Crippen LogP contribution in [0, 0.1) is 23.4 Å². The Kier molecular flexibility index (Phi) is 10.9. The number of unbranched alkanes of at least 4 members (excludes halogenated alkanes) is 5. The fourth-order valence-corrected chi connectivity index (χ4v) is 5.43. The van der Waals surface area contributed by atoms with E-state index < -0.39 is 11.6 Å². The highest BCUT2D eigenvalue weighted by molar-refractivity contribution is 5.71. The molecule has 2 nitrogen and oxygen atoms in total. The molecule has 39 heavy (non-hydrogen) atoms. The first kappa shape index (κ1) is 29.2. The Morgan fingerprint density at radius 3 is 2.10 bits per heavy atom. The van der Waals surface area contributed by atoms with E-state index in [1.165, 1.54) is 37.8 Å². The molecule has 0 bridgehead atoms. The van der Waals surface area contributed by atoms with Crippen LogP contribution < -0.4 is 4.74 Å². The van der Waals surface area contributed by atoms with Gasteiger partial charge in [0.1, 0.15) is 5.82 Å². The summed E-state index contributed by atoms with van der Waals surface area (Å²) < 4.78 is 56.3. The van der Waals surface area contributed by atoms with E-state index in [4.69, 9.17) is 9.47 Å². The molecule has 210 valence electrons. The van der Waals surface area contributed by atoms with Crippen molar-refractivity contribution in [3.8, 4) is 28.0 Å². The van der Waals surface area contributed by atoms with Crippen LogP contribution in [-0.2, 0) is 4.74 Å². The minimum Gasteiger partial charge on any atom is -0.490 e. The molecule has 0 amide bonds. The fraction of sp³-hybridized carbons (Fsp3) is 0.471. The average molecular weight is 539 g/mol. The number of hydrogen-bond acceptors (Lipinski definition) is 2. The van der Waals surface area contributed by atoms with Gasteiger partial charge in [0.05, 0.1) is 19.3 Å². The van der Waals surface area contributed by atoms with Gasteiger partial charge in [0.2, 0.25) is 5.82 Å². The average Bonchev–Trinajstić information content (AvgIpc) is 2.95. The molecule has 0 N–H and O–H groups in total. The lowest BCUT2D eigenvalue weighted by molar-refractivity contribution is -0.0195. The third-order valence-corrected chi connectivity index (χ3v) is 7.74. The Labute approximate surface area is 231 Å². The summed E-state index contributed by atoms with van der Waals surface area (Å²) >= 11 is 0. The maximum atomic E-state index is 15.1. The second-order valence-electron chi connectivity index (χ2n) is 10.7. The van der Waals surface area contributed by atoms with Gasteiger partial charge in [0.25, 0.3) is 0 Å². The van der Waals surface area contributed by atoms with Crippen LogP contribution in [0.1, 0.15) is 89.7 Å². The van der Waals surface area contributed by atoms with Crippen LogP contribution in [0.25, 0.3) is 22.3 Å². The summed E-state index contributed by atoms with van der Waals surface area (Å²) in [4.78, 5) is 0. The summed E-state index contributed by atoms with van der Waals surface area (Å²) in [7, 11) is 0. The van der Waals surface area contributed by atoms with Gasteiger partial charge in [-0.25, -0.2) is 8.78 Å². The molecule has 1 fully saturated rings. The first-order valence-electron chi connectivity index (χ1n) is 14.6. The van der Waals surface area contributed by atoms with Gasteiger partial charge in [-0.05, 0) is 66.5 Å². The molecule has 1 heterocycles. The third kappa shape index (κ3) is 7.66. The largest absolute Gasteiger partial charge is 0.490 e. The van der Waals surface area contributed by atoms with E-state index in [-0.39, 0.29) is 23.2 Å². The molecule has 3 aromatic rings. The van der Waals surface area contributed by atoms with Gasteiger partial charge in [0.15, 0.2) is 11.6 Å². The number of hydrogen-bond donors (Lipinski definition) is 0. The van der Waals surface area contributed by atoms with E-state index in [0.29, 0.717) is 29.2 Å². The molecule has 1 aliphatic heterocycles. The lowest BCUT2D eigenvalue weighted by Crippen LogP contribution is -2.20. The third-order valence-electron chi connectivity index (χ3n) is 7.74. The predicted molar refractivity (Wildman–Crippen MR) is 152 cm³/mol. The summed E-state index contributed by atoms with van der Waals surface area (Å²) in [5.74, 6) is -1.70. The molecular weight excluding hydrogens is 497 g/mol. The van der Waals surface area contributed by atoms with Crippen LogP contribution in [0.3, 0.4) is 0 Å². The maximum absolute atomic E-state index is 15.1. The highest BCUT2D eigenvalue weighted by atomic mass is 19.2. The number of halogens is 3.